The molecule has 318 valence electrons. The normalized spacial score (nSPS) is 12.8. The van der Waals surface area contributed by atoms with Crippen molar-refractivity contribution < 1.29 is 34.1 Å². The van der Waals surface area contributed by atoms with Crippen LogP contribution < -0.4 is 10.6 Å². The Labute approximate surface area is 336 Å². The van der Waals surface area contributed by atoms with E-state index in [0.717, 1.165) is 64.2 Å². The van der Waals surface area contributed by atoms with Gasteiger partial charge < -0.3 is 25.6 Å². The summed E-state index contributed by atoms with van der Waals surface area (Å²) >= 11 is 0. The maximum absolute atomic E-state index is 12.8. The first-order valence-electron chi connectivity index (χ1n) is 22.4. The number of nitrogens with one attached hydrogen (secondary N) is 2. The fraction of sp³-hybridized carbons (Fsp3) is 0.783. The van der Waals surface area contributed by atoms with Gasteiger partial charge in [-0.15, -0.1) is 0 Å². The lowest BCUT2D eigenvalue weighted by atomic mass is 10.0. The first kappa shape index (κ1) is 52.1. The summed E-state index contributed by atoms with van der Waals surface area (Å²) in [5, 5.41) is 22.5. The Bertz CT molecular complexity index is 1030. The van der Waals surface area contributed by atoms with Gasteiger partial charge in [-0.1, -0.05) is 173 Å². The van der Waals surface area contributed by atoms with E-state index in [4.69, 9.17) is 14.9 Å². The molecule has 0 aliphatic heterocycles. The SMILES string of the molecule is CCCCC/C=C\C/C=C\C/C=C\C(CCCCCCCC(=O)NCC(=O)NC(CO)C(=O)O)OC(=O)CCCCCCCCCCCCCCCCCC. The number of aliphatic hydroxyl groups is 1. The Morgan fingerprint density at radius 2 is 1.04 bits per heavy atom. The fourth-order valence-corrected chi connectivity index (χ4v) is 6.41. The molecule has 2 atom stereocenters. The van der Waals surface area contributed by atoms with Crippen LogP contribution in [0.3, 0.4) is 0 Å². The van der Waals surface area contributed by atoms with E-state index in [1.807, 2.05) is 6.08 Å². The molecule has 4 N–H and O–H groups in total. The second-order valence-corrected chi connectivity index (χ2v) is 15.1. The number of ether oxygens (including phenoxy) is 1. The summed E-state index contributed by atoms with van der Waals surface area (Å²) in [5.74, 6) is -2.38. The van der Waals surface area contributed by atoms with E-state index in [1.54, 1.807) is 0 Å². The second-order valence-electron chi connectivity index (χ2n) is 15.1. The van der Waals surface area contributed by atoms with Crippen molar-refractivity contribution in [3.63, 3.8) is 0 Å². The van der Waals surface area contributed by atoms with Gasteiger partial charge in [0.25, 0.3) is 0 Å². The molecule has 0 aliphatic carbocycles. The van der Waals surface area contributed by atoms with Gasteiger partial charge in [-0.05, 0) is 57.4 Å². The van der Waals surface area contributed by atoms with Gasteiger partial charge in [-0.2, -0.15) is 0 Å². The summed E-state index contributed by atoms with van der Waals surface area (Å²) in [6.45, 7) is 3.44. The zero-order valence-corrected chi connectivity index (χ0v) is 35.2. The Hall–Kier alpha value is -2.94. The van der Waals surface area contributed by atoms with Gasteiger partial charge >= 0.3 is 11.9 Å². The van der Waals surface area contributed by atoms with Gasteiger partial charge in [0.15, 0.2) is 0 Å². The first-order valence-corrected chi connectivity index (χ1v) is 22.4. The van der Waals surface area contributed by atoms with Gasteiger partial charge in [-0.3, -0.25) is 14.4 Å². The van der Waals surface area contributed by atoms with Crippen molar-refractivity contribution in [3.8, 4) is 0 Å². The summed E-state index contributed by atoms with van der Waals surface area (Å²) < 4.78 is 5.92. The van der Waals surface area contributed by atoms with Crippen molar-refractivity contribution in [1.82, 2.24) is 10.6 Å². The number of carboxylic acids is 1. The van der Waals surface area contributed by atoms with Crippen molar-refractivity contribution >= 4 is 23.8 Å². The maximum atomic E-state index is 12.8. The highest BCUT2D eigenvalue weighted by atomic mass is 16.5. The number of amides is 2. The molecule has 0 heterocycles. The van der Waals surface area contributed by atoms with Gasteiger partial charge in [0, 0.05) is 12.8 Å². The molecule has 55 heavy (non-hydrogen) atoms. The van der Waals surface area contributed by atoms with Crippen molar-refractivity contribution in [2.24, 2.45) is 0 Å². The van der Waals surface area contributed by atoms with Crippen molar-refractivity contribution in [2.45, 2.75) is 219 Å². The minimum atomic E-state index is -1.39. The number of unbranched alkanes of at least 4 members (excludes halogenated alkanes) is 22. The number of esters is 1. The molecular weight excluding hydrogens is 693 g/mol. The lowest BCUT2D eigenvalue weighted by Crippen LogP contribution is -2.47. The highest BCUT2D eigenvalue weighted by molar-refractivity contribution is 5.87. The number of hydrogen-bond donors (Lipinski definition) is 4. The average Bonchev–Trinajstić information content (AvgIpc) is 3.17. The van der Waals surface area contributed by atoms with E-state index >= 15 is 0 Å². The zero-order valence-electron chi connectivity index (χ0n) is 35.2. The van der Waals surface area contributed by atoms with Crippen LogP contribution >= 0.6 is 0 Å². The standard InChI is InChI=1S/C46H82N2O7/c1-3-5-7-9-11-13-15-16-17-18-19-21-23-25-30-34-38-45(52)55-41(35-31-27-24-22-20-14-12-10-8-6-4-2)36-32-28-26-29-33-37-43(50)47-39-44(51)48-42(40-49)46(53)54/h12,14,22,24,31,35,41-42,49H,3-11,13,15-21,23,25-30,32-34,36-40H2,1-2H3,(H,47,50)(H,48,51)(H,53,54)/b14-12-,24-22-,35-31-. The Kier molecular flexibility index (Phi) is 38.5. The zero-order chi connectivity index (χ0) is 40.5. The van der Waals surface area contributed by atoms with Crippen LogP contribution in [-0.4, -0.2) is 59.3 Å². The highest BCUT2D eigenvalue weighted by Crippen LogP contribution is 2.16. The number of aliphatic carboxylic acids is 1. The summed E-state index contributed by atoms with van der Waals surface area (Å²) in [4.78, 5) is 47.5. The topological polar surface area (TPSA) is 142 Å². The third kappa shape index (κ3) is 37.7. The number of carboxylic acid groups (broad SMARTS) is 1. The number of allylic oxidation sites excluding steroid dienone is 5. The van der Waals surface area contributed by atoms with E-state index < -0.39 is 24.5 Å². The molecule has 9 heteroatoms. The van der Waals surface area contributed by atoms with E-state index in [-0.39, 0.29) is 30.9 Å². The fourth-order valence-electron chi connectivity index (χ4n) is 6.41. The molecule has 0 fully saturated rings. The van der Waals surface area contributed by atoms with E-state index in [0.29, 0.717) is 12.8 Å². The van der Waals surface area contributed by atoms with Crippen LogP contribution in [0.1, 0.15) is 206 Å². The van der Waals surface area contributed by atoms with Crippen LogP contribution in [0.2, 0.25) is 0 Å². The number of aliphatic hydroxyl groups excluding tert-OH is 1. The number of carbonyl (C=O) groups excluding carboxylic acids is 3. The van der Waals surface area contributed by atoms with Crippen LogP contribution in [0, 0.1) is 0 Å². The number of rotatable bonds is 40. The highest BCUT2D eigenvalue weighted by Gasteiger charge is 2.18. The van der Waals surface area contributed by atoms with Gasteiger partial charge in [0.1, 0.15) is 12.1 Å². The largest absolute Gasteiger partial charge is 0.480 e. The van der Waals surface area contributed by atoms with Crippen molar-refractivity contribution in [3.05, 3.63) is 36.5 Å². The molecule has 2 unspecified atom stereocenters. The van der Waals surface area contributed by atoms with Crippen LogP contribution in [0.25, 0.3) is 0 Å². The van der Waals surface area contributed by atoms with E-state index in [9.17, 15) is 19.2 Å². The van der Waals surface area contributed by atoms with E-state index in [1.165, 1.54) is 109 Å². The quantitative estimate of drug-likeness (QED) is 0.0276. The Morgan fingerprint density at radius 3 is 1.58 bits per heavy atom. The molecule has 0 aliphatic rings. The van der Waals surface area contributed by atoms with Crippen molar-refractivity contribution in [1.29, 1.82) is 0 Å². The molecule has 0 aromatic rings. The van der Waals surface area contributed by atoms with Gasteiger partial charge in [0.2, 0.25) is 11.8 Å². The van der Waals surface area contributed by atoms with Crippen LogP contribution in [0.4, 0.5) is 0 Å². The molecule has 0 saturated carbocycles. The Morgan fingerprint density at radius 1 is 0.564 bits per heavy atom. The van der Waals surface area contributed by atoms with Crippen LogP contribution in [0.15, 0.2) is 36.5 Å². The summed E-state index contributed by atoms with van der Waals surface area (Å²) in [5.41, 5.74) is 0. The molecule has 0 aromatic carbocycles. The summed E-state index contributed by atoms with van der Waals surface area (Å²) in [6, 6.07) is -1.39. The molecule has 0 rings (SSSR count). The van der Waals surface area contributed by atoms with Crippen molar-refractivity contribution in [2.75, 3.05) is 13.2 Å². The Balaban J connectivity index is 4.36. The maximum Gasteiger partial charge on any atom is 0.328 e. The predicted molar refractivity (Wildman–Crippen MR) is 227 cm³/mol. The van der Waals surface area contributed by atoms with E-state index in [2.05, 4.69) is 54.9 Å². The third-order valence-corrected chi connectivity index (χ3v) is 9.87. The van der Waals surface area contributed by atoms with Gasteiger partial charge in [0.05, 0.1) is 13.2 Å². The monoisotopic (exact) mass is 775 g/mol. The number of carbonyl (C=O) groups is 4. The minimum absolute atomic E-state index is 0.113. The lowest BCUT2D eigenvalue weighted by molar-refractivity contribution is -0.147. The molecule has 0 bridgehead atoms. The molecule has 9 nitrogen and oxygen atoms in total. The molecule has 0 aromatic heterocycles. The predicted octanol–water partition coefficient (Wildman–Crippen LogP) is 11.0. The lowest BCUT2D eigenvalue weighted by Gasteiger charge is -2.15. The minimum Gasteiger partial charge on any atom is -0.480 e. The summed E-state index contributed by atoms with van der Waals surface area (Å²) in [7, 11) is 0. The smallest absolute Gasteiger partial charge is 0.328 e. The van der Waals surface area contributed by atoms with Crippen LogP contribution in [0.5, 0.6) is 0 Å². The molecule has 0 spiro atoms. The van der Waals surface area contributed by atoms with Gasteiger partial charge in [-0.25, -0.2) is 4.79 Å². The molecule has 2 amide bonds. The molecule has 0 radical (unpaired) electrons. The molecule has 0 saturated heterocycles. The summed E-state index contributed by atoms with van der Waals surface area (Å²) in [6.07, 6.45) is 46.2. The molecular formula is C46H82N2O7. The first-order chi connectivity index (χ1) is 26.8. The third-order valence-electron chi connectivity index (χ3n) is 9.87. The number of hydrogen-bond acceptors (Lipinski definition) is 6. The van der Waals surface area contributed by atoms with Crippen LogP contribution in [-0.2, 0) is 23.9 Å². The second kappa shape index (κ2) is 40.7. The average molecular weight is 775 g/mol.